The smallest absolute Gasteiger partial charge is 0.328 e. The number of barbiturate groups is 1. The molecule has 1 heterocycles. The zero-order valence-corrected chi connectivity index (χ0v) is 15.7. The summed E-state index contributed by atoms with van der Waals surface area (Å²) in [5, 5.41) is 5.96. The number of hydrogen-bond acceptors (Lipinski definition) is 4. The number of urea groups is 1. The highest BCUT2D eigenvalue weighted by Crippen LogP contribution is 2.31. The highest BCUT2D eigenvalue weighted by Gasteiger charge is 2.28. The van der Waals surface area contributed by atoms with Gasteiger partial charge in [-0.1, -0.05) is 60.2 Å². The van der Waals surface area contributed by atoms with Crippen LogP contribution < -0.4 is 15.4 Å². The Kier molecular flexibility index (Phi) is 4.83. The number of carbonyl (C=O) groups is 3. The van der Waals surface area contributed by atoms with Gasteiger partial charge < -0.3 is 4.74 Å². The van der Waals surface area contributed by atoms with Crippen LogP contribution in [0.2, 0.25) is 0 Å². The molecule has 0 aliphatic carbocycles. The lowest BCUT2D eigenvalue weighted by atomic mass is 10.00. The zero-order chi connectivity index (χ0) is 20.4. The summed E-state index contributed by atoms with van der Waals surface area (Å²) in [6, 6.07) is 18.5. The van der Waals surface area contributed by atoms with E-state index in [9.17, 15) is 14.4 Å². The molecular weight excluding hydrogens is 368 g/mol. The van der Waals surface area contributed by atoms with Crippen molar-refractivity contribution in [2.75, 3.05) is 0 Å². The van der Waals surface area contributed by atoms with Gasteiger partial charge in [0.25, 0.3) is 11.8 Å². The Labute approximate surface area is 167 Å². The van der Waals surface area contributed by atoms with Gasteiger partial charge in [-0.05, 0) is 35.4 Å². The first-order valence-electron chi connectivity index (χ1n) is 9.10. The highest BCUT2D eigenvalue weighted by molar-refractivity contribution is 6.31. The second-order valence-electron chi connectivity index (χ2n) is 6.77. The van der Waals surface area contributed by atoms with Crippen LogP contribution in [0.15, 0.2) is 66.2 Å². The second kappa shape index (κ2) is 7.59. The number of carbonyl (C=O) groups excluding carboxylic acids is 3. The number of ether oxygens (including phenoxy) is 1. The molecule has 0 atom stereocenters. The Balaban J connectivity index is 1.77. The molecular formula is C23H18N2O4. The Morgan fingerprint density at radius 1 is 0.897 bits per heavy atom. The predicted molar refractivity (Wildman–Crippen MR) is 109 cm³/mol. The lowest BCUT2D eigenvalue weighted by Crippen LogP contribution is -2.51. The molecule has 1 fully saturated rings. The quantitative estimate of drug-likeness (QED) is 0.531. The van der Waals surface area contributed by atoms with E-state index < -0.39 is 17.8 Å². The Bertz CT molecular complexity index is 1160. The summed E-state index contributed by atoms with van der Waals surface area (Å²) >= 11 is 0. The second-order valence-corrected chi connectivity index (χ2v) is 6.77. The topological polar surface area (TPSA) is 84.5 Å². The summed E-state index contributed by atoms with van der Waals surface area (Å²) in [5.74, 6) is -0.942. The predicted octanol–water partition coefficient (Wildman–Crippen LogP) is 3.48. The van der Waals surface area contributed by atoms with E-state index in [4.69, 9.17) is 4.74 Å². The average molecular weight is 386 g/mol. The minimum Gasteiger partial charge on any atom is -0.488 e. The molecule has 29 heavy (non-hydrogen) atoms. The minimum atomic E-state index is -0.828. The van der Waals surface area contributed by atoms with Gasteiger partial charge in [-0.25, -0.2) is 4.79 Å². The van der Waals surface area contributed by atoms with Crippen LogP contribution in [-0.4, -0.2) is 17.8 Å². The molecule has 0 spiro atoms. The number of hydrogen-bond donors (Lipinski definition) is 2. The summed E-state index contributed by atoms with van der Waals surface area (Å²) in [6.45, 7) is 2.35. The van der Waals surface area contributed by atoms with Crippen LogP contribution in [0.3, 0.4) is 0 Å². The molecule has 4 rings (SSSR count). The summed E-state index contributed by atoms with van der Waals surface area (Å²) in [7, 11) is 0. The number of aryl methyl sites for hydroxylation is 1. The molecule has 6 nitrogen and oxygen atoms in total. The van der Waals surface area contributed by atoms with E-state index >= 15 is 0 Å². The SMILES string of the molecule is Cc1cccc(COc2ccc3ccccc3c2C=C2C(=O)NC(=O)NC2=O)c1. The van der Waals surface area contributed by atoms with Gasteiger partial charge in [-0.15, -0.1) is 0 Å². The Morgan fingerprint density at radius 3 is 2.41 bits per heavy atom. The molecule has 144 valence electrons. The van der Waals surface area contributed by atoms with Gasteiger partial charge in [0.15, 0.2) is 0 Å². The minimum absolute atomic E-state index is 0.152. The van der Waals surface area contributed by atoms with Crippen molar-refractivity contribution in [1.82, 2.24) is 10.6 Å². The number of amides is 4. The first-order valence-corrected chi connectivity index (χ1v) is 9.10. The van der Waals surface area contributed by atoms with Crippen molar-refractivity contribution in [2.45, 2.75) is 13.5 Å². The molecule has 2 N–H and O–H groups in total. The number of benzene rings is 3. The molecule has 1 saturated heterocycles. The van der Waals surface area contributed by atoms with Gasteiger partial charge in [-0.3, -0.25) is 20.2 Å². The van der Waals surface area contributed by atoms with Gasteiger partial charge in [0, 0.05) is 5.56 Å². The third-order valence-electron chi connectivity index (χ3n) is 4.64. The van der Waals surface area contributed by atoms with E-state index in [0.717, 1.165) is 21.9 Å². The molecule has 0 radical (unpaired) electrons. The maximum atomic E-state index is 12.2. The van der Waals surface area contributed by atoms with Crippen molar-refractivity contribution >= 4 is 34.7 Å². The van der Waals surface area contributed by atoms with E-state index in [1.165, 1.54) is 6.08 Å². The summed E-state index contributed by atoms with van der Waals surface area (Å²) < 4.78 is 6.04. The lowest BCUT2D eigenvalue weighted by molar-refractivity contribution is -0.123. The molecule has 0 saturated carbocycles. The molecule has 6 heteroatoms. The fourth-order valence-corrected chi connectivity index (χ4v) is 3.26. The molecule has 4 amide bonds. The van der Waals surface area contributed by atoms with Gasteiger partial charge in [0.05, 0.1) is 0 Å². The highest BCUT2D eigenvalue weighted by atomic mass is 16.5. The third-order valence-corrected chi connectivity index (χ3v) is 4.64. The standard InChI is InChI=1S/C23H18N2O4/c1-14-5-4-6-15(11-14)13-29-20-10-9-16-7-2-3-8-17(16)18(20)12-19-21(26)24-23(28)25-22(19)27/h2-12H,13H2,1H3,(H2,24,25,26,27,28). The van der Waals surface area contributed by atoms with E-state index in [1.807, 2.05) is 67.6 Å². The van der Waals surface area contributed by atoms with Crippen molar-refractivity contribution in [3.63, 3.8) is 0 Å². The van der Waals surface area contributed by atoms with Crippen LogP contribution in [0.25, 0.3) is 16.8 Å². The summed E-state index contributed by atoms with van der Waals surface area (Å²) in [5.41, 5.74) is 2.59. The van der Waals surface area contributed by atoms with Crippen LogP contribution in [0.1, 0.15) is 16.7 Å². The van der Waals surface area contributed by atoms with Crippen LogP contribution >= 0.6 is 0 Å². The number of imide groups is 2. The third kappa shape index (κ3) is 3.87. The van der Waals surface area contributed by atoms with Crippen LogP contribution in [0, 0.1) is 6.92 Å². The average Bonchev–Trinajstić information content (AvgIpc) is 2.69. The van der Waals surface area contributed by atoms with Gasteiger partial charge >= 0.3 is 6.03 Å². The van der Waals surface area contributed by atoms with Crippen molar-refractivity contribution in [2.24, 2.45) is 0 Å². The van der Waals surface area contributed by atoms with E-state index in [0.29, 0.717) is 17.9 Å². The molecule has 3 aromatic rings. The van der Waals surface area contributed by atoms with E-state index in [2.05, 4.69) is 10.6 Å². The number of fused-ring (bicyclic) bond motifs is 1. The van der Waals surface area contributed by atoms with Crippen molar-refractivity contribution in [3.8, 4) is 5.75 Å². The molecule has 1 aliphatic rings. The Morgan fingerprint density at radius 2 is 1.66 bits per heavy atom. The van der Waals surface area contributed by atoms with Gasteiger partial charge in [0.1, 0.15) is 17.9 Å². The first-order chi connectivity index (χ1) is 14.0. The first kappa shape index (κ1) is 18.4. The monoisotopic (exact) mass is 386 g/mol. The summed E-state index contributed by atoms with van der Waals surface area (Å²) in [4.78, 5) is 35.7. The van der Waals surface area contributed by atoms with E-state index in [-0.39, 0.29) is 5.57 Å². The largest absolute Gasteiger partial charge is 0.488 e. The summed E-state index contributed by atoms with van der Waals surface area (Å²) in [6.07, 6.45) is 1.46. The van der Waals surface area contributed by atoms with Crippen LogP contribution in [-0.2, 0) is 16.2 Å². The maximum absolute atomic E-state index is 12.2. The molecule has 0 aromatic heterocycles. The molecule has 0 bridgehead atoms. The molecule has 1 aliphatic heterocycles. The van der Waals surface area contributed by atoms with Crippen molar-refractivity contribution in [1.29, 1.82) is 0 Å². The van der Waals surface area contributed by atoms with Gasteiger partial charge in [-0.2, -0.15) is 0 Å². The Hall–Kier alpha value is -3.93. The molecule has 0 unspecified atom stereocenters. The van der Waals surface area contributed by atoms with E-state index in [1.54, 1.807) is 0 Å². The number of nitrogens with one attached hydrogen (secondary N) is 2. The van der Waals surface area contributed by atoms with Crippen molar-refractivity contribution in [3.05, 3.63) is 82.9 Å². The fraction of sp³-hybridized carbons (Fsp3) is 0.0870. The fourth-order valence-electron chi connectivity index (χ4n) is 3.26. The van der Waals surface area contributed by atoms with Crippen LogP contribution in [0.4, 0.5) is 4.79 Å². The van der Waals surface area contributed by atoms with Gasteiger partial charge in [0.2, 0.25) is 0 Å². The maximum Gasteiger partial charge on any atom is 0.328 e. The normalized spacial score (nSPS) is 13.8. The zero-order valence-electron chi connectivity index (χ0n) is 15.7. The van der Waals surface area contributed by atoms with Crippen LogP contribution in [0.5, 0.6) is 5.75 Å². The lowest BCUT2D eigenvalue weighted by Gasteiger charge is -2.16. The molecule has 3 aromatic carbocycles. The van der Waals surface area contributed by atoms with Crippen molar-refractivity contribution < 1.29 is 19.1 Å². The number of rotatable bonds is 4.